The zero-order chi connectivity index (χ0) is 17.9. The van der Waals surface area contributed by atoms with Crippen molar-refractivity contribution in [1.82, 2.24) is 10.3 Å². The van der Waals surface area contributed by atoms with Gasteiger partial charge in [0.05, 0.1) is 25.9 Å². The van der Waals surface area contributed by atoms with Gasteiger partial charge < -0.3 is 19.9 Å². The second-order valence-corrected chi connectivity index (χ2v) is 6.78. The topological polar surface area (TPSA) is 101 Å². The number of nitrogens with one attached hydrogen (secondary N) is 3. The highest BCUT2D eigenvalue weighted by Gasteiger charge is 2.31. The van der Waals surface area contributed by atoms with Crippen molar-refractivity contribution >= 4 is 17.3 Å². The molecule has 3 N–H and O–H groups in total. The molecule has 0 radical (unpaired) electrons. The van der Waals surface area contributed by atoms with Gasteiger partial charge in [0, 0.05) is 37.8 Å². The molecule has 1 aromatic rings. The van der Waals surface area contributed by atoms with Crippen LogP contribution in [0.15, 0.2) is 17.1 Å². The molecule has 3 aliphatic heterocycles. The molecule has 0 aliphatic carbocycles. The van der Waals surface area contributed by atoms with Gasteiger partial charge >= 0.3 is 5.96 Å². The number of hydrogen-bond donors (Lipinski definition) is 3. The molecule has 26 heavy (non-hydrogen) atoms. The number of aliphatic imine (C=N–C) groups is 1. The summed E-state index contributed by atoms with van der Waals surface area (Å²) in [6, 6.07) is 3.49. The van der Waals surface area contributed by atoms with Gasteiger partial charge in [0.15, 0.2) is 0 Å². The summed E-state index contributed by atoms with van der Waals surface area (Å²) < 4.78 is 10.9. The number of morpholine rings is 1. The molecule has 142 valence electrons. The summed E-state index contributed by atoms with van der Waals surface area (Å²) in [5.41, 5.74) is 4.44. The highest BCUT2D eigenvalue weighted by Crippen LogP contribution is 2.31. The van der Waals surface area contributed by atoms with E-state index in [1.165, 1.54) is 0 Å². The van der Waals surface area contributed by atoms with Crippen LogP contribution in [0.1, 0.15) is 18.4 Å². The average Bonchev–Trinajstić information content (AvgIpc) is 2.68. The van der Waals surface area contributed by atoms with Crippen molar-refractivity contribution in [3.05, 3.63) is 28.1 Å². The molecule has 1 fully saturated rings. The number of quaternary nitrogens is 2. The minimum absolute atomic E-state index is 0.154. The molecule has 0 amide bonds. The lowest BCUT2D eigenvalue weighted by Gasteiger charge is -2.35. The van der Waals surface area contributed by atoms with E-state index in [0.29, 0.717) is 30.3 Å². The molecule has 0 saturated carbocycles. The fourth-order valence-electron chi connectivity index (χ4n) is 3.56. The summed E-state index contributed by atoms with van der Waals surface area (Å²) in [6.45, 7) is 5.50. The number of nitrogens with zero attached hydrogens (tertiary/aromatic N) is 2. The first-order chi connectivity index (χ1) is 12.7. The van der Waals surface area contributed by atoms with Crippen LogP contribution in [0.5, 0.6) is 5.75 Å². The van der Waals surface area contributed by atoms with E-state index in [-0.39, 0.29) is 16.2 Å². The van der Waals surface area contributed by atoms with Crippen molar-refractivity contribution in [3.63, 3.8) is 0 Å². The predicted octanol–water partition coefficient (Wildman–Crippen LogP) is -1.36. The number of guanidine groups is 1. The van der Waals surface area contributed by atoms with Gasteiger partial charge in [0.1, 0.15) is 5.75 Å². The Bertz CT molecular complexity index is 677. The molecular formula is C17H25N5O4. The number of fused-ring (bicyclic) bond motifs is 2. The summed E-state index contributed by atoms with van der Waals surface area (Å²) in [4.78, 5) is 6.68. The van der Waals surface area contributed by atoms with Gasteiger partial charge in [-0.3, -0.25) is 9.96 Å². The fourth-order valence-corrected chi connectivity index (χ4v) is 3.56. The van der Waals surface area contributed by atoms with Crippen LogP contribution in [-0.4, -0.2) is 56.9 Å². The van der Waals surface area contributed by atoms with Gasteiger partial charge in [-0.1, -0.05) is 0 Å². The van der Waals surface area contributed by atoms with E-state index in [4.69, 9.17) is 9.47 Å². The standard InChI is InChI=1S/C17H25N5O4/c23-21-14-11-13-3-1-8-26-16(13)12-15(14)22(24)19-17(21)18-4-2-5-20-6-9-25-10-7-20/h11-12,21-22H,1-10H2,(H,18,19). The van der Waals surface area contributed by atoms with Crippen LogP contribution in [0.2, 0.25) is 0 Å². The Labute approximate surface area is 152 Å². The third-order valence-electron chi connectivity index (χ3n) is 4.99. The van der Waals surface area contributed by atoms with E-state index in [1.807, 2.05) is 0 Å². The number of hydrogen-bond acceptors (Lipinski definition) is 6. The third kappa shape index (κ3) is 3.68. The zero-order valence-electron chi connectivity index (χ0n) is 14.8. The smallest absolute Gasteiger partial charge is 0.347 e. The monoisotopic (exact) mass is 363 g/mol. The predicted molar refractivity (Wildman–Crippen MR) is 95.6 cm³/mol. The molecule has 1 aromatic carbocycles. The lowest BCUT2D eigenvalue weighted by Crippen LogP contribution is -3.23. The van der Waals surface area contributed by atoms with E-state index in [1.54, 1.807) is 12.1 Å². The summed E-state index contributed by atoms with van der Waals surface area (Å²) in [7, 11) is 0. The minimum Gasteiger partial charge on any atom is -0.621 e. The van der Waals surface area contributed by atoms with Crippen LogP contribution in [0.4, 0.5) is 11.4 Å². The maximum Gasteiger partial charge on any atom is 0.347 e. The number of aryl methyl sites for hydroxylation is 1. The Kier molecular flexibility index (Phi) is 5.34. The molecule has 0 bridgehead atoms. The number of benzene rings is 1. The number of hydroxylamine groups is 1. The van der Waals surface area contributed by atoms with Crippen LogP contribution >= 0.6 is 0 Å². The Morgan fingerprint density at radius 3 is 2.85 bits per heavy atom. The Balaban J connectivity index is 1.42. The maximum atomic E-state index is 12.7. The van der Waals surface area contributed by atoms with Crippen molar-refractivity contribution < 1.29 is 19.7 Å². The van der Waals surface area contributed by atoms with Crippen molar-refractivity contribution in [2.75, 3.05) is 46.0 Å². The van der Waals surface area contributed by atoms with Gasteiger partial charge in [0.25, 0.3) is 0 Å². The molecule has 3 aliphatic rings. The van der Waals surface area contributed by atoms with Crippen molar-refractivity contribution in [3.8, 4) is 5.75 Å². The summed E-state index contributed by atoms with van der Waals surface area (Å²) in [5, 5.41) is 24.6. The van der Waals surface area contributed by atoms with Crippen LogP contribution < -0.4 is 20.4 Å². The van der Waals surface area contributed by atoms with Crippen molar-refractivity contribution in [2.24, 2.45) is 4.99 Å². The minimum atomic E-state index is -0.288. The molecule has 1 saturated heterocycles. The van der Waals surface area contributed by atoms with Crippen LogP contribution in [0.25, 0.3) is 0 Å². The second kappa shape index (κ2) is 7.87. The Morgan fingerprint density at radius 2 is 2.00 bits per heavy atom. The zero-order valence-corrected chi connectivity index (χ0v) is 14.8. The first-order valence-electron chi connectivity index (χ1n) is 9.23. The second-order valence-electron chi connectivity index (χ2n) is 6.78. The summed E-state index contributed by atoms with van der Waals surface area (Å²) in [6.07, 6.45) is 2.63. The number of ether oxygens (including phenoxy) is 2. The molecule has 2 unspecified atom stereocenters. The maximum absolute atomic E-state index is 12.7. The highest BCUT2D eigenvalue weighted by molar-refractivity contribution is 5.77. The first kappa shape index (κ1) is 17.7. The number of rotatable bonds is 4. The molecule has 3 heterocycles. The van der Waals surface area contributed by atoms with Crippen LogP contribution in [0.3, 0.4) is 0 Å². The Hall–Kier alpha value is -1.75. The molecule has 0 spiro atoms. The third-order valence-corrected chi connectivity index (χ3v) is 4.99. The summed E-state index contributed by atoms with van der Waals surface area (Å²) >= 11 is 0. The fraction of sp³-hybridized carbons (Fsp3) is 0.588. The van der Waals surface area contributed by atoms with Crippen molar-refractivity contribution in [2.45, 2.75) is 19.3 Å². The largest absolute Gasteiger partial charge is 0.621 e. The van der Waals surface area contributed by atoms with E-state index < -0.39 is 0 Å². The quantitative estimate of drug-likeness (QED) is 0.451. The van der Waals surface area contributed by atoms with E-state index in [0.717, 1.165) is 57.7 Å². The molecule has 0 aromatic heterocycles. The molecule has 2 atom stereocenters. The SMILES string of the molecule is [O-][NH+]1NC(=NCCCN2CCOCC2)[NH+]([O-])c2cc3c(cc21)OCCC3. The van der Waals surface area contributed by atoms with Gasteiger partial charge in [-0.05, 0) is 19.3 Å². The first-order valence-corrected chi connectivity index (χ1v) is 9.23. The van der Waals surface area contributed by atoms with Gasteiger partial charge in [0.2, 0.25) is 11.4 Å². The van der Waals surface area contributed by atoms with Gasteiger partial charge in [-0.15, -0.1) is 0 Å². The van der Waals surface area contributed by atoms with Crippen LogP contribution in [-0.2, 0) is 11.2 Å². The van der Waals surface area contributed by atoms with E-state index >= 15 is 0 Å². The Morgan fingerprint density at radius 1 is 1.15 bits per heavy atom. The molecule has 9 heteroatoms. The summed E-state index contributed by atoms with van der Waals surface area (Å²) in [5.74, 6) is 0.866. The van der Waals surface area contributed by atoms with Crippen LogP contribution in [0, 0.1) is 10.4 Å². The lowest BCUT2D eigenvalue weighted by molar-refractivity contribution is -0.851. The molecular weight excluding hydrogens is 338 g/mol. The van der Waals surface area contributed by atoms with Crippen molar-refractivity contribution in [1.29, 1.82) is 0 Å². The average molecular weight is 363 g/mol. The lowest BCUT2D eigenvalue weighted by atomic mass is 10.0. The van der Waals surface area contributed by atoms with Gasteiger partial charge in [-0.25, -0.2) is 10.2 Å². The normalized spacial score (nSPS) is 27.4. The molecule has 4 rings (SSSR count). The van der Waals surface area contributed by atoms with Gasteiger partial charge in [-0.2, -0.15) is 5.43 Å². The van der Waals surface area contributed by atoms with E-state index in [2.05, 4.69) is 15.3 Å². The molecule has 9 nitrogen and oxygen atoms in total. The highest BCUT2D eigenvalue weighted by atomic mass is 16.6. The van der Waals surface area contributed by atoms with E-state index in [9.17, 15) is 10.4 Å².